The zero-order chi connectivity index (χ0) is 23.7. The summed E-state index contributed by atoms with van der Waals surface area (Å²) in [6.07, 6.45) is -0.591. The molecule has 1 aromatic carbocycles. The molecule has 2 aliphatic rings. The number of aliphatic hydroxyl groups excluding tert-OH is 1. The number of rotatable bonds is 6. The molecule has 2 fully saturated rings. The lowest BCUT2D eigenvalue weighted by molar-refractivity contribution is -0.136. The molecular formula is C22H31N5O5. The van der Waals surface area contributed by atoms with Crippen LogP contribution in [0.4, 0.5) is 5.69 Å². The Labute approximate surface area is 187 Å². The Bertz CT molecular complexity index is 900. The highest BCUT2D eigenvalue weighted by atomic mass is 16.3. The lowest BCUT2D eigenvalue weighted by Gasteiger charge is -2.28. The normalized spacial score (nSPS) is 21.9. The van der Waals surface area contributed by atoms with Crippen LogP contribution in [0.1, 0.15) is 23.7 Å². The van der Waals surface area contributed by atoms with E-state index in [-0.39, 0.29) is 30.7 Å². The summed E-state index contributed by atoms with van der Waals surface area (Å²) in [6.45, 7) is 1.42. The first kappa shape index (κ1) is 23.7. The fourth-order valence-electron chi connectivity index (χ4n) is 4.28. The van der Waals surface area contributed by atoms with Gasteiger partial charge >= 0.3 is 0 Å². The molecule has 2 saturated heterocycles. The number of fused-ring (bicyclic) bond motifs is 1. The molecule has 0 saturated carbocycles. The van der Waals surface area contributed by atoms with Gasteiger partial charge in [-0.3, -0.25) is 19.2 Å². The highest BCUT2D eigenvalue weighted by Gasteiger charge is 2.52. The predicted octanol–water partition coefficient (Wildman–Crippen LogP) is -1.09. The second-order valence-electron chi connectivity index (χ2n) is 8.69. The Balaban J connectivity index is 1.65. The number of likely N-dealkylation sites (N-methyl/N-ethyl adjacent to an activating group) is 1. The van der Waals surface area contributed by atoms with Gasteiger partial charge in [-0.1, -0.05) is 0 Å². The summed E-state index contributed by atoms with van der Waals surface area (Å²) < 4.78 is 0. The summed E-state index contributed by atoms with van der Waals surface area (Å²) in [4.78, 5) is 57.0. The molecular weight excluding hydrogens is 414 g/mol. The van der Waals surface area contributed by atoms with E-state index in [2.05, 4.69) is 0 Å². The first-order valence-corrected chi connectivity index (χ1v) is 10.6. The van der Waals surface area contributed by atoms with Crippen LogP contribution in [0.2, 0.25) is 0 Å². The number of ketones is 1. The second kappa shape index (κ2) is 9.25. The molecule has 174 valence electrons. The van der Waals surface area contributed by atoms with Gasteiger partial charge in [0, 0.05) is 38.9 Å². The van der Waals surface area contributed by atoms with Gasteiger partial charge in [-0.25, -0.2) is 0 Å². The van der Waals surface area contributed by atoms with Crippen molar-refractivity contribution in [2.75, 3.05) is 45.7 Å². The number of aliphatic hydroxyl groups is 1. The number of nitrogens with zero attached hydrogens (tertiary/aromatic N) is 4. The molecule has 1 aromatic rings. The van der Waals surface area contributed by atoms with E-state index >= 15 is 0 Å². The lowest BCUT2D eigenvalue weighted by Crippen LogP contribution is -2.52. The van der Waals surface area contributed by atoms with E-state index in [4.69, 9.17) is 5.73 Å². The van der Waals surface area contributed by atoms with E-state index in [9.17, 15) is 24.3 Å². The topological polar surface area (TPSA) is 127 Å². The number of likely N-dealkylation sites (tertiary alicyclic amines) is 2. The Hall–Kier alpha value is -2.98. The summed E-state index contributed by atoms with van der Waals surface area (Å²) in [6, 6.07) is 4.76. The molecule has 10 nitrogen and oxygen atoms in total. The third-order valence-corrected chi connectivity index (χ3v) is 6.18. The van der Waals surface area contributed by atoms with Crippen molar-refractivity contribution in [2.45, 2.75) is 37.6 Å². The number of carbonyl (C=O) groups is 4. The molecule has 0 bridgehead atoms. The van der Waals surface area contributed by atoms with Crippen LogP contribution in [0, 0.1) is 0 Å². The number of Topliss-reactive ketones (excluding diaryl/α,β-unsaturated/α-hetero) is 1. The quantitative estimate of drug-likeness (QED) is 0.570. The van der Waals surface area contributed by atoms with Gasteiger partial charge in [0.1, 0.15) is 12.1 Å². The van der Waals surface area contributed by atoms with Crippen LogP contribution in [0.15, 0.2) is 24.3 Å². The van der Waals surface area contributed by atoms with Crippen molar-refractivity contribution in [2.24, 2.45) is 5.73 Å². The fourth-order valence-corrected chi connectivity index (χ4v) is 4.28. The summed E-state index contributed by atoms with van der Waals surface area (Å²) in [5, 5.41) is 9.62. The van der Waals surface area contributed by atoms with Gasteiger partial charge in [0.15, 0.2) is 5.78 Å². The van der Waals surface area contributed by atoms with Crippen LogP contribution >= 0.6 is 0 Å². The predicted molar refractivity (Wildman–Crippen MR) is 118 cm³/mol. The Morgan fingerprint density at radius 2 is 1.78 bits per heavy atom. The first-order valence-electron chi connectivity index (χ1n) is 10.6. The molecule has 2 aliphatic heterocycles. The van der Waals surface area contributed by atoms with Crippen LogP contribution in [0.25, 0.3) is 0 Å². The molecule has 3 amide bonds. The second-order valence-corrected chi connectivity index (χ2v) is 8.69. The number of nitrogens with two attached hydrogens (primary N) is 1. The van der Waals surface area contributed by atoms with Crippen LogP contribution in [0.5, 0.6) is 0 Å². The highest BCUT2D eigenvalue weighted by molar-refractivity contribution is 6.00. The minimum atomic E-state index is -1.12. The van der Waals surface area contributed by atoms with Gasteiger partial charge in [-0.2, -0.15) is 0 Å². The van der Waals surface area contributed by atoms with E-state index in [0.29, 0.717) is 18.5 Å². The number of anilines is 1. The van der Waals surface area contributed by atoms with E-state index in [1.54, 1.807) is 19.2 Å². The van der Waals surface area contributed by atoms with Gasteiger partial charge in [0.2, 0.25) is 11.8 Å². The molecule has 3 rings (SSSR count). The first-order chi connectivity index (χ1) is 15.0. The Morgan fingerprint density at radius 3 is 2.34 bits per heavy atom. The molecule has 0 aromatic heterocycles. The largest absolute Gasteiger partial charge is 0.391 e. The molecule has 0 unspecified atom stereocenters. The zero-order valence-electron chi connectivity index (χ0n) is 18.9. The van der Waals surface area contributed by atoms with E-state index in [0.717, 1.165) is 5.69 Å². The molecule has 0 spiro atoms. The summed E-state index contributed by atoms with van der Waals surface area (Å²) in [5.41, 5.74) is 7.18. The smallest absolute Gasteiger partial charge is 0.254 e. The minimum Gasteiger partial charge on any atom is -0.391 e. The number of amides is 3. The molecule has 0 aliphatic carbocycles. The molecule has 3 N–H and O–H groups in total. The zero-order valence-corrected chi connectivity index (χ0v) is 18.9. The van der Waals surface area contributed by atoms with Crippen molar-refractivity contribution < 1.29 is 24.3 Å². The maximum Gasteiger partial charge on any atom is 0.254 e. The molecule has 10 heteroatoms. The van der Waals surface area contributed by atoms with Gasteiger partial charge in [0.05, 0.1) is 25.2 Å². The Kier molecular flexibility index (Phi) is 6.85. The van der Waals surface area contributed by atoms with E-state index in [1.807, 2.05) is 31.1 Å². The van der Waals surface area contributed by atoms with Gasteiger partial charge in [-0.15, -0.1) is 0 Å². The maximum atomic E-state index is 12.9. The summed E-state index contributed by atoms with van der Waals surface area (Å²) in [7, 11) is 5.35. The summed E-state index contributed by atoms with van der Waals surface area (Å²) in [5.74, 6) is -1.37. The summed E-state index contributed by atoms with van der Waals surface area (Å²) >= 11 is 0. The monoisotopic (exact) mass is 445 g/mol. The van der Waals surface area contributed by atoms with Crippen LogP contribution in [-0.4, -0.2) is 108 Å². The van der Waals surface area contributed by atoms with Gasteiger partial charge < -0.3 is 30.4 Å². The van der Waals surface area contributed by atoms with Crippen molar-refractivity contribution in [1.29, 1.82) is 0 Å². The number of hydrogen-bond donors (Lipinski definition) is 2. The van der Waals surface area contributed by atoms with Crippen LogP contribution in [0.3, 0.4) is 0 Å². The number of benzene rings is 1. The lowest BCUT2D eigenvalue weighted by atomic mass is 10.1. The van der Waals surface area contributed by atoms with Crippen molar-refractivity contribution >= 4 is 29.2 Å². The van der Waals surface area contributed by atoms with Gasteiger partial charge in [0.25, 0.3) is 5.91 Å². The van der Waals surface area contributed by atoms with E-state index in [1.165, 1.54) is 21.6 Å². The van der Waals surface area contributed by atoms with Crippen LogP contribution in [-0.2, 0) is 14.4 Å². The fraction of sp³-hybridized carbons (Fsp3) is 0.545. The molecule has 0 radical (unpaired) electrons. The van der Waals surface area contributed by atoms with Gasteiger partial charge in [-0.05, 0) is 37.6 Å². The maximum absolute atomic E-state index is 12.9. The molecule has 32 heavy (non-hydrogen) atoms. The van der Waals surface area contributed by atoms with Crippen molar-refractivity contribution in [1.82, 2.24) is 14.7 Å². The number of hydrogen-bond acceptors (Lipinski definition) is 7. The average Bonchev–Trinajstić information content (AvgIpc) is 3.33. The average molecular weight is 446 g/mol. The third-order valence-electron chi connectivity index (χ3n) is 6.18. The van der Waals surface area contributed by atoms with Crippen molar-refractivity contribution in [3.63, 3.8) is 0 Å². The minimum absolute atomic E-state index is 0.134. The molecule has 2 heterocycles. The third kappa shape index (κ3) is 4.46. The van der Waals surface area contributed by atoms with E-state index < -0.39 is 30.1 Å². The van der Waals surface area contributed by atoms with Crippen molar-refractivity contribution in [3.05, 3.63) is 29.8 Å². The molecule has 4 atom stereocenters. The number of carbonyl (C=O) groups excluding carboxylic acids is 4. The van der Waals surface area contributed by atoms with Crippen LogP contribution < -0.4 is 10.6 Å². The Morgan fingerprint density at radius 1 is 1.16 bits per heavy atom. The van der Waals surface area contributed by atoms with Crippen molar-refractivity contribution in [3.8, 4) is 0 Å². The highest BCUT2D eigenvalue weighted by Crippen LogP contribution is 2.30. The standard InChI is InChI=1S/C22H31N5O5/c1-13(28)19(23)22(32)27-11-17(29)20-16(27)9-10-26(20)18(30)12-25(4)21(31)14-5-7-15(8-6-14)24(2)3/h5-8,13,16,19-20,28H,9-12,23H2,1-4H3/t13-,16+,19-,20-/m0/s1. The SMILES string of the molecule is C[C@H](O)[C@H](N)C(=O)N1CC(=O)[C@@H]2[C@H]1CCN2C(=O)CN(C)C(=O)c1ccc(N(C)C)cc1.